The zero-order valence-electron chi connectivity index (χ0n) is 8.13. The second-order valence-corrected chi connectivity index (χ2v) is 4.89. The van der Waals surface area contributed by atoms with Gasteiger partial charge in [0.25, 0.3) is 0 Å². The summed E-state index contributed by atoms with van der Waals surface area (Å²) >= 11 is 4.41. The van der Waals surface area contributed by atoms with Gasteiger partial charge in [-0.2, -0.15) is 0 Å². The number of carbonyl (C=O) groups excluding carboxylic acids is 1. The van der Waals surface area contributed by atoms with Gasteiger partial charge in [0.2, 0.25) is 0 Å². The highest BCUT2D eigenvalue weighted by atomic mass is 127. The van der Waals surface area contributed by atoms with Crippen LogP contribution in [0.2, 0.25) is 0 Å². The van der Waals surface area contributed by atoms with Crippen molar-refractivity contribution >= 4 is 51.2 Å². The van der Waals surface area contributed by atoms with Crippen LogP contribution in [-0.4, -0.2) is 19.2 Å². The Balaban J connectivity index is 2.58. The van der Waals surface area contributed by atoms with Crippen LogP contribution >= 0.6 is 45.2 Å². The monoisotopic (exact) mass is 432 g/mol. The zero-order chi connectivity index (χ0) is 11.3. The van der Waals surface area contributed by atoms with Crippen molar-refractivity contribution in [3.05, 3.63) is 25.3 Å². The molecule has 82 valence electrons. The van der Waals surface area contributed by atoms with Crippen molar-refractivity contribution in [1.82, 2.24) is 0 Å². The molecule has 0 aliphatic carbocycles. The van der Waals surface area contributed by atoms with Crippen molar-refractivity contribution in [3.63, 3.8) is 0 Å². The Morgan fingerprint density at radius 1 is 1.40 bits per heavy atom. The van der Waals surface area contributed by atoms with E-state index in [9.17, 15) is 4.79 Å². The van der Waals surface area contributed by atoms with Crippen LogP contribution in [0.3, 0.4) is 0 Å². The molecule has 0 heterocycles. The minimum Gasteiger partial charge on any atom is -0.481 e. The molecular formula is C10H10I2O3. The number of rotatable bonds is 4. The average molecular weight is 432 g/mol. The molecule has 0 N–H and O–H groups in total. The van der Waals surface area contributed by atoms with E-state index in [1.54, 1.807) is 6.92 Å². The summed E-state index contributed by atoms with van der Waals surface area (Å²) in [5.41, 5.74) is 0. The summed E-state index contributed by atoms with van der Waals surface area (Å²) in [6.45, 7) is 2.11. The third-order valence-corrected chi connectivity index (χ3v) is 4.61. The van der Waals surface area contributed by atoms with Crippen molar-refractivity contribution in [2.45, 2.75) is 6.92 Å². The Labute approximate surface area is 116 Å². The van der Waals surface area contributed by atoms with Gasteiger partial charge < -0.3 is 9.47 Å². The van der Waals surface area contributed by atoms with E-state index in [1.165, 1.54) is 0 Å². The molecule has 0 bridgehead atoms. The molecule has 1 aromatic rings. The highest BCUT2D eigenvalue weighted by Gasteiger charge is 2.07. The molecule has 0 saturated heterocycles. The van der Waals surface area contributed by atoms with E-state index in [2.05, 4.69) is 45.2 Å². The fourth-order valence-corrected chi connectivity index (χ4v) is 1.92. The summed E-state index contributed by atoms with van der Waals surface area (Å²) in [6.07, 6.45) is 0. The molecule has 0 aromatic heterocycles. The van der Waals surface area contributed by atoms with Crippen LogP contribution in [-0.2, 0) is 9.53 Å². The van der Waals surface area contributed by atoms with Gasteiger partial charge in [0, 0.05) is 3.57 Å². The number of benzene rings is 1. The van der Waals surface area contributed by atoms with Crippen LogP contribution < -0.4 is 4.74 Å². The predicted molar refractivity (Wildman–Crippen MR) is 74.0 cm³/mol. The summed E-state index contributed by atoms with van der Waals surface area (Å²) in [5.74, 6) is 0.378. The Morgan fingerprint density at radius 3 is 2.80 bits per heavy atom. The molecule has 15 heavy (non-hydrogen) atoms. The Bertz CT molecular complexity index is 353. The van der Waals surface area contributed by atoms with Crippen LogP contribution in [0.25, 0.3) is 0 Å². The number of esters is 1. The molecule has 1 rings (SSSR count). The number of hydrogen-bond acceptors (Lipinski definition) is 3. The average Bonchev–Trinajstić information content (AvgIpc) is 2.21. The van der Waals surface area contributed by atoms with Crippen LogP contribution in [0.4, 0.5) is 0 Å². The molecule has 3 nitrogen and oxygen atoms in total. The predicted octanol–water partition coefficient (Wildman–Crippen LogP) is 2.84. The van der Waals surface area contributed by atoms with Gasteiger partial charge in [-0.15, -0.1) is 0 Å². The standard InChI is InChI=1S/C10H10I2O3/c1-2-14-9(13)6-15-8-5-3-4-7(11)10(8)12/h3-5H,2,6H2,1H3. The summed E-state index contributed by atoms with van der Waals surface area (Å²) in [7, 11) is 0. The summed E-state index contributed by atoms with van der Waals surface area (Å²) in [5, 5.41) is 0. The Morgan fingerprint density at radius 2 is 2.13 bits per heavy atom. The van der Waals surface area contributed by atoms with E-state index in [4.69, 9.17) is 9.47 Å². The maximum absolute atomic E-state index is 11.1. The minimum absolute atomic E-state index is 0.0378. The summed E-state index contributed by atoms with van der Waals surface area (Å²) in [4.78, 5) is 11.1. The van der Waals surface area contributed by atoms with Gasteiger partial charge in [-0.05, 0) is 64.2 Å². The van der Waals surface area contributed by atoms with Gasteiger partial charge in [0.15, 0.2) is 6.61 Å². The van der Waals surface area contributed by atoms with E-state index in [1.807, 2.05) is 18.2 Å². The first-order chi connectivity index (χ1) is 7.15. The van der Waals surface area contributed by atoms with E-state index in [0.717, 1.165) is 12.9 Å². The SMILES string of the molecule is CCOC(=O)COc1cccc(I)c1I. The number of hydrogen-bond donors (Lipinski definition) is 0. The van der Waals surface area contributed by atoms with Crippen LogP contribution in [0.1, 0.15) is 6.92 Å². The molecule has 0 aliphatic heterocycles. The number of halogens is 2. The lowest BCUT2D eigenvalue weighted by atomic mass is 10.3. The van der Waals surface area contributed by atoms with E-state index >= 15 is 0 Å². The summed E-state index contributed by atoms with van der Waals surface area (Å²) in [6, 6.07) is 5.72. The normalized spacial score (nSPS) is 9.80. The topological polar surface area (TPSA) is 35.5 Å². The lowest BCUT2D eigenvalue weighted by Gasteiger charge is -2.08. The Kier molecular flexibility index (Phi) is 5.65. The molecular weight excluding hydrogens is 422 g/mol. The second kappa shape index (κ2) is 6.51. The van der Waals surface area contributed by atoms with Crippen molar-refractivity contribution in [1.29, 1.82) is 0 Å². The third kappa shape index (κ3) is 4.13. The maximum atomic E-state index is 11.1. The highest BCUT2D eigenvalue weighted by molar-refractivity contribution is 14.1. The molecule has 0 saturated carbocycles. The molecule has 0 amide bonds. The van der Waals surface area contributed by atoms with Gasteiger partial charge in [-0.25, -0.2) is 4.79 Å². The van der Waals surface area contributed by atoms with Crippen molar-refractivity contribution in [3.8, 4) is 5.75 Å². The third-order valence-electron chi connectivity index (χ3n) is 1.57. The maximum Gasteiger partial charge on any atom is 0.344 e. The smallest absolute Gasteiger partial charge is 0.344 e. The number of carbonyl (C=O) groups is 1. The van der Waals surface area contributed by atoms with Crippen LogP contribution in [0, 0.1) is 7.14 Å². The largest absolute Gasteiger partial charge is 0.481 e. The molecule has 1 aromatic carbocycles. The summed E-state index contributed by atoms with van der Waals surface area (Å²) < 4.78 is 12.2. The van der Waals surface area contributed by atoms with Crippen molar-refractivity contribution in [2.24, 2.45) is 0 Å². The van der Waals surface area contributed by atoms with Gasteiger partial charge >= 0.3 is 5.97 Å². The Hall–Kier alpha value is -0.0500. The molecule has 0 aliphatic rings. The first-order valence-corrected chi connectivity index (χ1v) is 6.53. The van der Waals surface area contributed by atoms with Gasteiger partial charge in [-0.3, -0.25) is 0 Å². The van der Waals surface area contributed by atoms with Crippen molar-refractivity contribution < 1.29 is 14.3 Å². The molecule has 0 radical (unpaired) electrons. The molecule has 0 unspecified atom stereocenters. The highest BCUT2D eigenvalue weighted by Crippen LogP contribution is 2.25. The quantitative estimate of drug-likeness (QED) is 0.543. The van der Waals surface area contributed by atoms with E-state index in [-0.39, 0.29) is 12.6 Å². The van der Waals surface area contributed by atoms with Crippen LogP contribution in [0.15, 0.2) is 18.2 Å². The first-order valence-electron chi connectivity index (χ1n) is 4.37. The van der Waals surface area contributed by atoms with Crippen LogP contribution in [0.5, 0.6) is 5.75 Å². The first kappa shape index (κ1) is 13.0. The second-order valence-electron chi connectivity index (χ2n) is 2.65. The zero-order valence-corrected chi connectivity index (χ0v) is 12.4. The van der Waals surface area contributed by atoms with E-state index in [0.29, 0.717) is 6.61 Å². The van der Waals surface area contributed by atoms with E-state index < -0.39 is 0 Å². The van der Waals surface area contributed by atoms with Gasteiger partial charge in [0.1, 0.15) is 5.75 Å². The number of ether oxygens (including phenoxy) is 2. The van der Waals surface area contributed by atoms with Crippen molar-refractivity contribution in [2.75, 3.05) is 13.2 Å². The lowest BCUT2D eigenvalue weighted by molar-refractivity contribution is -0.145. The lowest BCUT2D eigenvalue weighted by Crippen LogP contribution is -2.15. The minimum atomic E-state index is -0.341. The fourth-order valence-electron chi connectivity index (χ4n) is 0.935. The molecule has 5 heteroatoms. The fraction of sp³-hybridized carbons (Fsp3) is 0.300. The molecule has 0 fully saturated rings. The van der Waals surface area contributed by atoms with Gasteiger partial charge in [-0.1, -0.05) is 6.07 Å². The molecule has 0 spiro atoms. The molecule has 0 atom stereocenters. The van der Waals surface area contributed by atoms with Gasteiger partial charge in [0.05, 0.1) is 10.2 Å².